The number of hydrogen-bond donors (Lipinski definition) is 2. The number of carbonyl (C=O) groups is 2. The zero-order valence-corrected chi connectivity index (χ0v) is 13.3. The number of aryl methyl sites for hydroxylation is 1. The van der Waals surface area contributed by atoms with Crippen molar-refractivity contribution in [2.75, 3.05) is 0 Å². The number of nitrogens with zero attached hydrogens (tertiary/aromatic N) is 2. The molecule has 1 aromatic rings. The van der Waals surface area contributed by atoms with Crippen molar-refractivity contribution < 1.29 is 14.7 Å². The van der Waals surface area contributed by atoms with Crippen molar-refractivity contribution in [3.63, 3.8) is 0 Å². The molecule has 1 amide bonds. The molecule has 0 atom stereocenters. The second-order valence-electron chi connectivity index (χ2n) is 6.08. The number of hydrogen-bond acceptors (Lipinski definition) is 3. The predicted octanol–water partition coefficient (Wildman–Crippen LogP) is 2.36. The maximum absolute atomic E-state index is 12.4. The molecule has 1 aliphatic rings. The molecule has 1 fully saturated rings. The first kappa shape index (κ1) is 16.5. The fraction of sp³-hybridized carbons (Fsp3) is 0.688. The average Bonchev–Trinajstić information content (AvgIpc) is 2.86. The Bertz CT molecular complexity index is 531. The highest BCUT2D eigenvalue weighted by molar-refractivity contribution is 5.95. The number of amides is 1. The number of aromatic nitrogens is 2. The van der Waals surface area contributed by atoms with Gasteiger partial charge >= 0.3 is 5.97 Å². The van der Waals surface area contributed by atoms with Crippen molar-refractivity contribution in [2.24, 2.45) is 5.92 Å². The molecule has 0 bridgehead atoms. The number of carboxylic acid groups (broad SMARTS) is 1. The lowest BCUT2D eigenvalue weighted by molar-refractivity contribution is -0.142. The molecule has 0 aliphatic heterocycles. The Morgan fingerprint density at radius 2 is 2.05 bits per heavy atom. The Hall–Kier alpha value is -1.85. The van der Waals surface area contributed by atoms with Gasteiger partial charge in [0, 0.05) is 18.3 Å². The first-order chi connectivity index (χ1) is 10.5. The number of aliphatic carboxylic acids is 1. The third kappa shape index (κ3) is 3.87. The van der Waals surface area contributed by atoms with Crippen LogP contribution in [-0.4, -0.2) is 32.8 Å². The first-order valence-corrected chi connectivity index (χ1v) is 8.09. The summed E-state index contributed by atoms with van der Waals surface area (Å²) in [4.78, 5) is 23.3. The predicted molar refractivity (Wildman–Crippen MR) is 82.7 cm³/mol. The molecule has 0 radical (unpaired) electrons. The van der Waals surface area contributed by atoms with Crippen LogP contribution < -0.4 is 5.32 Å². The maximum atomic E-state index is 12.4. The summed E-state index contributed by atoms with van der Waals surface area (Å²) in [6, 6.07) is 0.0708. The molecule has 6 heteroatoms. The second-order valence-corrected chi connectivity index (χ2v) is 6.08. The molecule has 0 spiro atoms. The summed E-state index contributed by atoms with van der Waals surface area (Å²) >= 11 is 0. The van der Waals surface area contributed by atoms with E-state index in [1.807, 2.05) is 11.6 Å². The largest absolute Gasteiger partial charge is 0.481 e. The van der Waals surface area contributed by atoms with Crippen LogP contribution in [-0.2, 0) is 11.3 Å². The molecular formula is C16H25N3O3. The third-order valence-corrected chi connectivity index (χ3v) is 4.48. The van der Waals surface area contributed by atoms with Crippen LogP contribution in [0.25, 0.3) is 0 Å². The van der Waals surface area contributed by atoms with Gasteiger partial charge in [-0.3, -0.25) is 14.3 Å². The van der Waals surface area contributed by atoms with Crippen LogP contribution in [0.2, 0.25) is 0 Å². The van der Waals surface area contributed by atoms with E-state index in [1.165, 1.54) is 0 Å². The summed E-state index contributed by atoms with van der Waals surface area (Å²) in [7, 11) is 0. The Kier molecular flexibility index (Phi) is 5.57. The Labute approximate surface area is 130 Å². The Balaban J connectivity index is 1.90. The van der Waals surface area contributed by atoms with Gasteiger partial charge in [-0.05, 0) is 39.0 Å². The van der Waals surface area contributed by atoms with E-state index in [0.717, 1.165) is 37.9 Å². The monoisotopic (exact) mass is 307 g/mol. The molecule has 0 aromatic carbocycles. The number of rotatable bonds is 6. The van der Waals surface area contributed by atoms with Crippen LogP contribution in [0.1, 0.15) is 61.5 Å². The zero-order chi connectivity index (χ0) is 16.1. The highest BCUT2D eigenvalue weighted by Crippen LogP contribution is 2.24. The van der Waals surface area contributed by atoms with Gasteiger partial charge < -0.3 is 10.4 Å². The molecule has 0 saturated heterocycles. The number of nitrogens with one attached hydrogen (secondary N) is 1. The number of unbranched alkanes of at least 4 members (excludes halogenated alkanes) is 1. The minimum Gasteiger partial charge on any atom is -0.481 e. The molecule has 1 heterocycles. The summed E-state index contributed by atoms with van der Waals surface area (Å²) in [5, 5.41) is 16.3. The van der Waals surface area contributed by atoms with Gasteiger partial charge in [-0.25, -0.2) is 0 Å². The van der Waals surface area contributed by atoms with Gasteiger partial charge in [0.1, 0.15) is 0 Å². The van der Waals surface area contributed by atoms with Crippen LogP contribution in [0, 0.1) is 12.8 Å². The Morgan fingerprint density at radius 3 is 2.64 bits per heavy atom. The molecular weight excluding hydrogens is 282 g/mol. The molecule has 122 valence electrons. The molecule has 22 heavy (non-hydrogen) atoms. The molecule has 2 rings (SSSR count). The summed E-state index contributed by atoms with van der Waals surface area (Å²) in [6.45, 7) is 4.87. The minimum atomic E-state index is -0.724. The van der Waals surface area contributed by atoms with E-state index in [-0.39, 0.29) is 17.9 Å². The van der Waals surface area contributed by atoms with E-state index >= 15 is 0 Å². The van der Waals surface area contributed by atoms with Crippen LogP contribution in [0.4, 0.5) is 0 Å². The summed E-state index contributed by atoms with van der Waals surface area (Å²) in [6.07, 6.45) is 6.49. The molecule has 2 N–H and O–H groups in total. The van der Waals surface area contributed by atoms with Gasteiger partial charge in [-0.15, -0.1) is 0 Å². The van der Waals surface area contributed by atoms with Gasteiger partial charge in [0.25, 0.3) is 5.91 Å². The van der Waals surface area contributed by atoms with Crippen molar-refractivity contribution >= 4 is 11.9 Å². The van der Waals surface area contributed by atoms with E-state index in [2.05, 4.69) is 17.3 Å². The van der Waals surface area contributed by atoms with E-state index in [4.69, 9.17) is 5.11 Å². The summed E-state index contributed by atoms with van der Waals surface area (Å²) < 4.78 is 1.87. The standard InChI is InChI=1S/C16H25N3O3/c1-3-4-9-19-11(2)14(10-17-19)15(20)18-13-7-5-12(6-8-13)16(21)22/h10,12-13H,3-9H2,1-2H3,(H,18,20)(H,21,22). The quantitative estimate of drug-likeness (QED) is 0.845. The van der Waals surface area contributed by atoms with E-state index in [0.29, 0.717) is 18.4 Å². The molecule has 1 saturated carbocycles. The molecule has 6 nitrogen and oxygen atoms in total. The van der Waals surface area contributed by atoms with E-state index in [9.17, 15) is 9.59 Å². The molecule has 1 aliphatic carbocycles. The number of carbonyl (C=O) groups excluding carboxylic acids is 1. The van der Waals surface area contributed by atoms with Crippen LogP contribution in [0.3, 0.4) is 0 Å². The SMILES string of the molecule is CCCCn1ncc(C(=O)NC2CCC(C(=O)O)CC2)c1C. The lowest BCUT2D eigenvalue weighted by atomic mass is 9.86. The topological polar surface area (TPSA) is 84.2 Å². The van der Waals surface area contributed by atoms with Gasteiger partial charge in [0.05, 0.1) is 17.7 Å². The van der Waals surface area contributed by atoms with E-state index in [1.54, 1.807) is 6.20 Å². The smallest absolute Gasteiger partial charge is 0.306 e. The third-order valence-electron chi connectivity index (χ3n) is 4.48. The van der Waals surface area contributed by atoms with Gasteiger partial charge in [0.2, 0.25) is 0 Å². The first-order valence-electron chi connectivity index (χ1n) is 8.09. The van der Waals surface area contributed by atoms with E-state index < -0.39 is 5.97 Å². The molecule has 0 unspecified atom stereocenters. The van der Waals surface area contributed by atoms with Crippen molar-refractivity contribution in [1.29, 1.82) is 0 Å². The lowest BCUT2D eigenvalue weighted by Gasteiger charge is -2.26. The van der Waals surface area contributed by atoms with Crippen molar-refractivity contribution in [3.8, 4) is 0 Å². The van der Waals surface area contributed by atoms with Gasteiger partial charge in [-0.1, -0.05) is 13.3 Å². The highest BCUT2D eigenvalue weighted by Gasteiger charge is 2.27. The van der Waals surface area contributed by atoms with Crippen LogP contribution in [0.15, 0.2) is 6.20 Å². The van der Waals surface area contributed by atoms with Crippen molar-refractivity contribution in [2.45, 2.75) is 65.0 Å². The minimum absolute atomic E-state index is 0.0708. The average molecular weight is 307 g/mol. The highest BCUT2D eigenvalue weighted by atomic mass is 16.4. The Morgan fingerprint density at radius 1 is 1.36 bits per heavy atom. The van der Waals surface area contributed by atoms with Crippen molar-refractivity contribution in [3.05, 3.63) is 17.5 Å². The fourth-order valence-corrected chi connectivity index (χ4v) is 2.95. The fourth-order valence-electron chi connectivity index (χ4n) is 2.95. The lowest BCUT2D eigenvalue weighted by Crippen LogP contribution is -2.38. The van der Waals surface area contributed by atoms with Gasteiger partial charge in [0.15, 0.2) is 0 Å². The van der Waals surface area contributed by atoms with Crippen LogP contribution >= 0.6 is 0 Å². The zero-order valence-electron chi connectivity index (χ0n) is 13.3. The number of carboxylic acids is 1. The summed E-state index contributed by atoms with van der Waals surface area (Å²) in [5.41, 5.74) is 1.52. The maximum Gasteiger partial charge on any atom is 0.306 e. The normalized spacial score (nSPS) is 21.5. The summed E-state index contributed by atoms with van der Waals surface area (Å²) in [5.74, 6) is -1.08. The van der Waals surface area contributed by atoms with Gasteiger partial charge in [-0.2, -0.15) is 5.10 Å². The second kappa shape index (κ2) is 7.42. The van der Waals surface area contributed by atoms with Crippen LogP contribution in [0.5, 0.6) is 0 Å². The van der Waals surface area contributed by atoms with Crippen molar-refractivity contribution in [1.82, 2.24) is 15.1 Å². The molecule has 1 aromatic heterocycles.